The monoisotopic (exact) mass is 579 g/mol. The van der Waals surface area contributed by atoms with Gasteiger partial charge in [-0.25, -0.2) is 4.99 Å². The zero-order valence-electron chi connectivity index (χ0n) is 24.5. The quantitative estimate of drug-likeness (QED) is 0.164. The van der Waals surface area contributed by atoms with Gasteiger partial charge in [0.1, 0.15) is 0 Å². The third-order valence-electron chi connectivity index (χ3n) is 8.31. The minimum atomic E-state index is 0.321. The predicted molar refractivity (Wildman–Crippen MR) is 189 cm³/mol. The van der Waals surface area contributed by atoms with Crippen LogP contribution >= 0.6 is 0 Å². The van der Waals surface area contributed by atoms with Crippen LogP contribution in [0.1, 0.15) is 11.1 Å². The van der Waals surface area contributed by atoms with Crippen molar-refractivity contribution in [2.75, 3.05) is 0 Å². The molecule has 6 aromatic carbocycles. The molecule has 45 heavy (non-hydrogen) atoms. The molecule has 0 fully saturated rings. The Bertz CT molecular complexity index is 2430. The normalized spacial score (nSPS) is 12.4. The first-order valence-electron chi connectivity index (χ1n) is 14.9. The highest BCUT2D eigenvalue weighted by Gasteiger charge is 2.21. The van der Waals surface area contributed by atoms with Crippen molar-refractivity contribution in [1.29, 1.82) is 0 Å². The lowest BCUT2D eigenvalue weighted by Gasteiger charge is -2.12. The molecule has 214 valence electrons. The number of amidine groups is 1. The van der Waals surface area contributed by atoms with Gasteiger partial charge in [0, 0.05) is 32.8 Å². The standard InChI is InChI=1S/C40H29N5/c1-27(28-15-5-2-6-16-28)42-39(29-17-7-3-8-18-29)43-40(41)45-36-24-14-12-22-32(36)34-26-25-33-31-21-11-13-23-35(31)44(37(33)38(34)45)30-19-9-4-10-20-30/h2-26H,1H2,(H2,41,42,43). The van der Waals surface area contributed by atoms with Gasteiger partial charge in [-0.2, -0.15) is 4.99 Å². The molecule has 0 unspecified atom stereocenters. The van der Waals surface area contributed by atoms with Crippen LogP contribution in [0.25, 0.3) is 55.0 Å². The van der Waals surface area contributed by atoms with Crippen molar-refractivity contribution in [1.82, 2.24) is 9.13 Å². The average molecular weight is 580 g/mol. The number of hydrogen-bond acceptors (Lipinski definition) is 1. The van der Waals surface area contributed by atoms with Crippen LogP contribution < -0.4 is 5.73 Å². The highest BCUT2D eigenvalue weighted by atomic mass is 15.2. The first-order valence-corrected chi connectivity index (χ1v) is 14.9. The van der Waals surface area contributed by atoms with E-state index in [1.807, 2.05) is 72.8 Å². The predicted octanol–water partition coefficient (Wildman–Crippen LogP) is 9.17. The molecule has 2 N–H and O–H groups in total. The molecule has 2 aromatic heterocycles. The Morgan fingerprint density at radius 3 is 1.67 bits per heavy atom. The zero-order chi connectivity index (χ0) is 30.3. The Morgan fingerprint density at radius 2 is 1.00 bits per heavy atom. The maximum Gasteiger partial charge on any atom is 0.207 e. The highest BCUT2D eigenvalue weighted by molar-refractivity contribution is 6.26. The lowest BCUT2D eigenvalue weighted by molar-refractivity contribution is 1.17. The molecule has 0 atom stereocenters. The number of rotatable bonds is 4. The maximum absolute atomic E-state index is 7.09. The molecule has 0 aliphatic rings. The molecule has 5 heteroatoms. The molecule has 0 radical (unpaired) electrons. The Balaban J connectivity index is 1.46. The molecule has 0 saturated heterocycles. The molecule has 0 spiro atoms. The second kappa shape index (κ2) is 10.8. The fraction of sp³-hybridized carbons (Fsp3) is 0. The fourth-order valence-electron chi connectivity index (χ4n) is 6.31. The summed E-state index contributed by atoms with van der Waals surface area (Å²) in [4.78, 5) is 9.98. The number of benzene rings is 6. The number of aliphatic imine (C=N–C) groups is 2. The number of nitrogens with zero attached hydrogens (tertiary/aromatic N) is 4. The summed E-state index contributed by atoms with van der Waals surface area (Å²) < 4.78 is 4.41. The molecule has 5 nitrogen and oxygen atoms in total. The minimum Gasteiger partial charge on any atom is -0.369 e. The van der Waals surface area contributed by atoms with Crippen LogP contribution in [0.15, 0.2) is 168 Å². The van der Waals surface area contributed by atoms with Gasteiger partial charge in [-0.1, -0.05) is 134 Å². The summed E-state index contributed by atoms with van der Waals surface area (Å²) in [5, 5.41) is 4.52. The molecule has 8 rings (SSSR count). The maximum atomic E-state index is 7.09. The van der Waals surface area contributed by atoms with Gasteiger partial charge in [0.2, 0.25) is 5.96 Å². The average Bonchev–Trinajstić information content (AvgIpc) is 3.62. The Labute approximate surface area is 260 Å². The molecule has 8 aromatic rings. The van der Waals surface area contributed by atoms with Gasteiger partial charge < -0.3 is 10.3 Å². The van der Waals surface area contributed by atoms with Gasteiger partial charge in [0.25, 0.3) is 0 Å². The van der Waals surface area contributed by atoms with Crippen molar-refractivity contribution in [2.45, 2.75) is 0 Å². The van der Waals surface area contributed by atoms with Gasteiger partial charge in [0.15, 0.2) is 5.84 Å². The van der Waals surface area contributed by atoms with Crippen LogP contribution in [0, 0.1) is 0 Å². The summed E-state index contributed by atoms with van der Waals surface area (Å²) in [6.07, 6.45) is 0. The van der Waals surface area contributed by atoms with Gasteiger partial charge in [-0.15, -0.1) is 0 Å². The molecular formula is C40H29N5. The van der Waals surface area contributed by atoms with E-state index in [4.69, 9.17) is 15.7 Å². The van der Waals surface area contributed by atoms with Gasteiger partial charge in [-0.05, 0) is 29.8 Å². The second-order valence-corrected chi connectivity index (χ2v) is 11.0. The van der Waals surface area contributed by atoms with E-state index in [9.17, 15) is 0 Å². The van der Waals surface area contributed by atoms with Crippen molar-refractivity contribution in [3.63, 3.8) is 0 Å². The lowest BCUT2D eigenvalue weighted by Crippen LogP contribution is -2.24. The Kier molecular flexibility index (Phi) is 6.35. The van der Waals surface area contributed by atoms with Crippen LogP contribution in [0.3, 0.4) is 0 Å². The summed E-state index contributed by atoms with van der Waals surface area (Å²) in [6.45, 7) is 4.26. The first kappa shape index (κ1) is 26.4. The van der Waals surface area contributed by atoms with E-state index in [0.29, 0.717) is 17.5 Å². The Hall–Kier alpha value is -6.20. The van der Waals surface area contributed by atoms with E-state index in [1.165, 1.54) is 5.39 Å². The fourth-order valence-corrected chi connectivity index (χ4v) is 6.31. The molecule has 0 aliphatic heterocycles. The third kappa shape index (κ3) is 4.41. The summed E-state index contributed by atoms with van der Waals surface area (Å²) in [5.41, 5.74) is 14.7. The smallest absolute Gasteiger partial charge is 0.207 e. The van der Waals surface area contributed by atoms with Crippen molar-refractivity contribution < 1.29 is 0 Å². The van der Waals surface area contributed by atoms with E-state index in [0.717, 1.165) is 55.0 Å². The van der Waals surface area contributed by atoms with Crippen molar-refractivity contribution >= 4 is 61.1 Å². The SMILES string of the molecule is C=C(N=C(N=C(N)n1c2ccccc2c2ccc3c4ccccc4n(-c4ccccc4)c3c21)c1ccccc1)c1ccccc1. The number of hydrogen-bond donors (Lipinski definition) is 1. The van der Waals surface area contributed by atoms with E-state index < -0.39 is 0 Å². The minimum absolute atomic E-state index is 0.321. The van der Waals surface area contributed by atoms with Crippen molar-refractivity contribution in [3.05, 3.63) is 169 Å². The molecular weight excluding hydrogens is 550 g/mol. The van der Waals surface area contributed by atoms with E-state index in [1.54, 1.807) is 0 Å². The van der Waals surface area contributed by atoms with E-state index in [-0.39, 0.29) is 0 Å². The first-order chi connectivity index (χ1) is 22.2. The van der Waals surface area contributed by atoms with Crippen LogP contribution in [0.5, 0.6) is 0 Å². The van der Waals surface area contributed by atoms with E-state index >= 15 is 0 Å². The van der Waals surface area contributed by atoms with Gasteiger partial charge >= 0.3 is 0 Å². The van der Waals surface area contributed by atoms with Crippen LogP contribution in [-0.2, 0) is 0 Å². The molecule has 0 bridgehead atoms. The summed E-state index contributed by atoms with van der Waals surface area (Å²) in [5.74, 6) is 0.811. The molecule has 2 heterocycles. The Morgan fingerprint density at radius 1 is 0.489 bits per heavy atom. The van der Waals surface area contributed by atoms with Gasteiger partial charge in [-0.3, -0.25) is 4.57 Å². The summed E-state index contributed by atoms with van der Waals surface area (Å²) in [6, 6.07) is 51.6. The van der Waals surface area contributed by atoms with Crippen LogP contribution in [-0.4, -0.2) is 20.9 Å². The second-order valence-electron chi connectivity index (χ2n) is 11.0. The number of fused-ring (bicyclic) bond motifs is 7. The van der Waals surface area contributed by atoms with Gasteiger partial charge in [0.05, 0.1) is 27.8 Å². The third-order valence-corrected chi connectivity index (χ3v) is 8.31. The number of para-hydroxylation sites is 3. The summed E-state index contributed by atoms with van der Waals surface area (Å²) >= 11 is 0. The summed E-state index contributed by atoms with van der Waals surface area (Å²) in [7, 11) is 0. The highest BCUT2D eigenvalue weighted by Crippen LogP contribution is 2.40. The molecule has 0 aliphatic carbocycles. The van der Waals surface area contributed by atoms with Crippen LogP contribution in [0.4, 0.5) is 0 Å². The van der Waals surface area contributed by atoms with E-state index in [2.05, 4.69) is 94.6 Å². The number of nitrogens with two attached hydrogens (primary N) is 1. The van der Waals surface area contributed by atoms with Crippen molar-refractivity contribution in [3.8, 4) is 5.69 Å². The van der Waals surface area contributed by atoms with Crippen LogP contribution in [0.2, 0.25) is 0 Å². The zero-order valence-corrected chi connectivity index (χ0v) is 24.5. The number of aromatic nitrogens is 2. The molecule has 0 amide bonds. The largest absolute Gasteiger partial charge is 0.369 e. The van der Waals surface area contributed by atoms with Crippen molar-refractivity contribution in [2.24, 2.45) is 15.7 Å². The lowest BCUT2D eigenvalue weighted by atomic mass is 10.1. The topological polar surface area (TPSA) is 60.6 Å². The molecule has 0 saturated carbocycles.